The summed E-state index contributed by atoms with van der Waals surface area (Å²) in [6.07, 6.45) is -0.0391. The molecule has 0 spiro atoms. The van der Waals surface area contributed by atoms with Crippen molar-refractivity contribution in [2.75, 3.05) is 14.1 Å². The van der Waals surface area contributed by atoms with Gasteiger partial charge in [0.2, 0.25) is 5.78 Å². The number of nitrogens with zero attached hydrogens (tertiary/aromatic N) is 1. The van der Waals surface area contributed by atoms with E-state index < -0.39 is 69.7 Å². The third kappa shape index (κ3) is 3.30. The van der Waals surface area contributed by atoms with Gasteiger partial charge in [0.15, 0.2) is 17.2 Å². The number of Topliss-reactive ketones (excluding diaryl/α,β-unsaturated/α-hetero) is 3. The van der Waals surface area contributed by atoms with E-state index in [1.807, 2.05) is 0 Å². The molecule has 1 fully saturated rings. The van der Waals surface area contributed by atoms with E-state index >= 15 is 0 Å². The van der Waals surface area contributed by atoms with Gasteiger partial charge in [0.1, 0.15) is 28.7 Å². The maximum atomic E-state index is 14.1. The van der Waals surface area contributed by atoms with Crippen LogP contribution >= 0.6 is 0 Å². The van der Waals surface area contributed by atoms with Crippen LogP contribution in [0.2, 0.25) is 0 Å². The number of benzene rings is 2. The number of aliphatic hydroxyl groups excluding tert-OH is 2. The Morgan fingerprint density at radius 2 is 1.70 bits per heavy atom. The summed E-state index contributed by atoms with van der Waals surface area (Å²) in [5, 5.41) is 44.8. The summed E-state index contributed by atoms with van der Waals surface area (Å²) in [7, 11) is 3.14. The summed E-state index contributed by atoms with van der Waals surface area (Å²) in [5.74, 6) is -7.52. The highest BCUT2D eigenvalue weighted by atomic mass is 19.1. The zero-order chi connectivity index (χ0) is 27.0. The van der Waals surface area contributed by atoms with E-state index in [9.17, 15) is 39.2 Å². The minimum Gasteiger partial charge on any atom is -0.508 e. The monoisotopic (exact) mass is 507 g/mol. The molecule has 2 aromatic rings. The highest BCUT2D eigenvalue weighted by Gasteiger charge is 2.65. The van der Waals surface area contributed by atoms with Gasteiger partial charge in [-0.3, -0.25) is 19.3 Å². The number of ketones is 3. The SMILES string of the molecule is CC(=O)C1=C(O)[C@@]2(O)C(=O)C3=C(O)c4c(O)cccc4[C@@H](c4ccc(F)cc4)[C@H]3C[C@H]2[C@H](N(C)C)C1=O. The van der Waals surface area contributed by atoms with Crippen molar-refractivity contribution in [2.24, 2.45) is 11.8 Å². The van der Waals surface area contributed by atoms with Crippen LogP contribution in [0.25, 0.3) is 5.76 Å². The molecule has 4 N–H and O–H groups in total. The van der Waals surface area contributed by atoms with Crippen LogP contribution in [0, 0.1) is 17.7 Å². The number of aliphatic hydroxyl groups is 3. The van der Waals surface area contributed by atoms with Gasteiger partial charge in [0.25, 0.3) is 0 Å². The standard InChI is InChI=1S/C28H26FNO7/c1-12(31)19-25(34)23(30(2)3)17-11-16-20(13-7-9-14(29)10-8-13)15-5-4-6-18(32)21(15)24(33)22(16)27(36)28(17,37)26(19)35/h4-10,16-17,20,23,32-33,35,37H,11H2,1-3H3/t16-,17+,20-,23+,28-/m1/s1. The fraction of sp³-hybridized carbons (Fsp3) is 0.321. The molecule has 0 aromatic heterocycles. The van der Waals surface area contributed by atoms with Gasteiger partial charge in [-0.25, -0.2) is 4.39 Å². The molecule has 0 bridgehead atoms. The van der Waals surface area contributed by atoms with Crippen LogP contribution in [0.4, 0.5) is 4.39 Å². The van der Waals surface area contributed by atoms with Crippen LogP contribution in [0.5, 0.6) is 5.75 Å². The van der Waals surface area contributed by atoms with E-state index in [4.69, 9.17) is 0 Å². The van der Waals surface area contributed by atoms with E-state index in [2.05, 4.69) is 0 Å². The molecular weight excluding hydrogens is 481 g/mol. The maximum Gasteiger partial charge on any atom is 0.202 e. The molecule has 0 aliphatic heterocycles. The normalized spacial score (nSPS) is 29.2. The number of halogens is 1. The van der Waals surface area contributed by atoms with Crippen molar-refractivity contribution in [1.29, 1.82) is 0 Å². The van der Waals surface area contributed by atoms with Crippen LogP contribution in [-0.2, 0) is 14.4 Å². The van der Waals surface area contributed by atoms with Gasteiger partial charge in [0, 0.05) is 23.3 Å². The summed E-state index contributed by atoms with van der Waals surface area (Å²) < 4.78 is 13.8. The van der Waals surface area contributed by atoms with Crippen LogP contribution in [-0.4, -0.2) is 68.4 Å². The molecule has 0 unspecified atom stereocenters. The lowest BCUT2D eigenvalue weighted by Gasteiger charge is -2.51. The molecule has 5 rings (SSSR count). The highest BCUT2D eigenvalue weighted by Crippen LogP contribution is 2.57. The average Bonchev–Trinajstić information content (AvgIpc) is 2.82. The number of phenols is 1. The molecule has 0 amide bonds. The number of likely N-dealkylation sites (N-methyl/N-ethyl adjacent to an activating group) is 1. The zero-order valence-corrected chi connectivity index (χ0v) is 20.4. The number of carbonyl (C=O) groups is 3. The number of carbonyl (C=O) groups excluding carboxylic acids is 3. The van der Waals surface area contributed by atoms with Gasteiger partial charge >= 0.3 is 0 Å². The number of phenolic OH excluding ortho intramolecular Hbond substituents is 1. The average molecular weight is 508 g/mol. The predicted molar refractivity (Wildman–Crippen MR) is 130 cm³/mol. The molecule has 192 valence electrons. The number of hydrogen-bond acceptors (Lipinski definition) is 8. The van der Waals surface area contributed by atoms with E-state index in [0.717, 1.165) is 6.92 Å². The van der Waals surface area contributed by atoms with Crippen molar-refractivity contribution in [2.45, 2.75) is 30.9 Å². The summed E-state index contributed by atoms with van der Waals surface area (Å²) >= 11 is 0. The maximum absolute atomic E-state index is 14.1. The van der Waals surface area contributed by atoms with Crippen LogP contribution in [0.1, 0.15) is 36.0 Å². The predicted octanol–water partition coefficient (Wildman–Crippen LogP) is 2.80. The summed E-state index contributed by atoms with van der Waals surface area (Å²) in [4.78, 5) is 41.2. The fourth-order valence-corrected chi connectivity index (χ4v) is 6.41. The molecule has 2 aromatic carbocycles. The second-order valence-corrected chi connectivity index (χ2v) is 10.1. The van der Waals surface area contributed by atoms with Gasteiger partial charge in [-0.05, 0) is 56.8 Å². The second kappa shape index (κ2) is 8.36. The molecule has 1 saturated carbocycles. The Labute approximate surface area is 212 Å². The molecule has 0 radical (unpaired) electrons. The largest absolute Gasteiger partial charge is 0.508 e. The molecule has 9 heteroatoms. The molecule has 37 heavy (non-hydrogen) atoms. The lowest BCUT2D eigenvalue weighted by molar-refractivity contribution is -0.154. The Balaban J connectivity index is 1.81. The Kier molecular flexibility index (Phi) is 5.61. The van der Waals surface area contributed by atoms with Crippen molar-refractivity contribution < 1.29 is 39.2 Å². The first-order valence-electron chi connectivity index (χ1n) is 11.8. The van der Waals surface area contributed by atoms with Gasteiger partial charge in [-0.2, -0.15) is 0 Å². The summed E-state index contributed by atoms with van der Waals surface area (Å²) in [6, 6.07) is 9.10. The van der Waals surface area contributed by atoms with Gasteiger partial charge in [0.05, 0.1) is 11.6 Å². The third-order valence-corrected chi connectivity index (χ3v) is 7.94. The smallest absolute Gasteiger partial charge is 0.202 e. The van der Waals surface area contributed by atoms with Crippen molar-refractivity contribution in [3.8, 4) is 5.75 Å². The minimum atomic E-state index is -2.65. The summed E-state index contributed by atoms with van der Waals surface area (Å²) in [5.41, 5.74) is -2.47. The van der Waals surface area contributed by atoms with Gasteiger partial charge in [-0.1, -0.05) is 24.3 Å². The number of fused-ring (bicyclic) bond motifs is 3. The Bertz CT molecular complexity index is 1420. The first kappa shape index (κ1) is 24.9. The second-order valence-electron chi connectivity index (χ2n) is 10.1. The Morgan fingerprint density at radius 3 is 2.30 bits per heavy atom. The molecule has 8 nitrogen and oxygen atoms in total. The lowest BCUT2D eigenvalue weighted by Crippen LogP contribution is -2.65. The van der Waals surface area contributed by atoms with Gasteiger partial charge in [-0.15, -0.1) is 0 Å². The molecule has 5 atom stereocenters. The lowest BCUT2D eigenvalue weighted by atomic mass is 9.54. The zero-order valence-electron chi connectivity index (χ0n) is 20.4. The van der Waals surface area contributed by atoms with Crippen LogP contribution < -0.4 is 0 Å². The highest BCUT2D eigenvalue weighted by molar-refractivity contribution is 6.25. The number of aromatic hydroxyl groups is 1. The minimum absolute atomic E-state index is 0.00946. The van der Waals surface area contributed by atoms with Crippen LogP contribution in [0.3, 0.4) is 0 Å². The quantitative estimate of drug-likeness (QED) is 0.466. The Morgan fingerprint density at radius 1 is 1.05 bits per heavy atom. The first-order valence-corrected chi connectivity index (χ1v) is 11.8. The fourth-order valence-electron chi connectivity index (χ4n) is 6.41. The van der Waals surface area contributed by atoms with Gasteiger partial charge < -0.3 is 20.4 Å². The Hall–Kier alpha value is -3.82. The van der Waals surface area contributed by atoms with Crippen molar-refractivity contribution >= 4 is 23.1 Å². The topological polar surface area (TPSA) is 135 Å². The van der Waals surface area contributed by atoms with E-state index in [-0.39, 0.29) is 23.3 Å². The molecule has 3 aliphatic carbocycles. The third-order valence-electron chi connectivity index (χ3n) is 7.94. The van der Waals surface area contributed by atoms with Crippen molar-refractivity contribution in [1.82, 2.24) is 4.90 Å². The number of hydrogen-bond donors (Lipinski definition) is 4. The van der Waals surface area contributed by atoms with E-state index in [0.29, 0.717) is 11.1 Å². The van der Waals surface area contributed by atoms with Crippen molar-refractivity contribution in [3.05, 3.63) is 81.9 Å². The molecule has 0 heterocycles. The van der Waals surface area contributed by atoms with E-state index in [1.54, 1.807) is 38.4 Å². The molecular formula is C28H26FNO7. The van der Waals surface area contributed by atoms with Crippen molar-refractivity contribution in [3.63, 3.8) is 0 Å². The van der Waals surface area contributed by atoms with Crippen LogP contribution in [0.15, 0.2) is 59.4 Å². The molecule has 3 aliphatic rings. The molecule has 0 saturated heterocycles. The first-order chi connectivity index (χ1) is 17.4. The number of rotatable bonds is 3. The van der Waals surface area contributed by atoms with E-state index in [1.165, 1.54) is 23.1 Å². The summed E-state index contributed by atoms with van der Waals surface area (Å²) in [6.45, 7) is 1.06.